The molecular weight excluding hydrogens is 244 g/mol. The number of carbonyl (C=O) groups excluding carboxylic acids is 2. The van der Waals surface area contributed by atoms with Crippen molar-refractivity contribution in [1.29, 1.82) is 0 Å². The second-order valence-electron chi connectivity index (χ2n) is 5.28. The minimum atomic E-state index is -0.447. The molecule has 0 aliphatic carbocycles. The largest absolute Gasteiger partial charge is 0.384 e. The smallest absolute Gasteiger partial charge is 0.226 e. The van der Waals surface area contributed by atoms with Crippen molar-refractivity contribution in [3.05, 3.63) is 18.3 Å². The molecule has 6 nitrogen and oxygen atoms in total. The van der Waals surface area contributed by atoms with Crippen LogP contribution in [-0.4, -0.2) is 23.3 Å². The number of rotatable bonds is 4. The first-order valence-electron chi connectivity index (χ1n) is 6.09. The van der Waals surface area contributed by atoms with Crippen LogP contribution in [0, 0.1) is 5.41 Å². The van der Waals surface area contributed by atoms with Gasteiger partial charge in [-0.1, -0.05) is 20.8 Å². The third kappa shape index (κ3) is 5.37. The Morgan fingerprint density at radius 3 is 2.53 bits per heavy atom. The van der Waals surface area contributed by atoms with Crippen molar-refractivity contribution in [3.8, 4) is 0 Å². The van der Waals surface area contributed by atoms with Gasteiger partial charge in [0.1, 0.15) is 5.82 Å². The van der Waals surface area contributed by atoms with Gasteiger partial charge in [0.05, 0.1) is 11.9 Å². The van der Waals surface area contributed by atoms with Gasteiger partial charge in [0, 0.05) is 18.4 Å². The monoisotopic (exact) mass is 264 g/mol. The number of anilines is 2. The van der Waals surface area contributed by atoms with Gasteiger partial charge in [-0.2, -0.15) is 0 Å². The van der Waals surface area contributed by atoms with E-state index in [1.54, 1.807) is 12.1 Å². The lowest BCUT2D eigenvalue weighted by atomic mass is 9.96. The van der Waals surface area contributed by atoms with E-state index in [0.717, 1.165) is 0 Å². The standard InChI is InChI=1S/C13H20N4O2/c1-13(2,3)12(19)15-7-6-11(18)17-9-4-5-10(14)16-8-9/h4-5,8H,6-7H2,1-3H3,(H2,14,16)(H,15,19)(H,17,18). The third-order valence-corrected chi connectivity index (χ3v) is 2.39. The maximum absolute atomic E-state index is 11.6. The number of aromatic nitrogens is 1. The molecule has 0 aromatic carbocycles. The van der Waals surface area contributed by atoms with E-state index in [1.165, 1.54) is 6.20 Å². The first kappa shape index (κ1) is 14.9. The number of hydrogen-bond donors (Lipinski definition) is 3. The molecule has 0 aliphatic heterocycles. The molecule has 1 rings (SSSR count). The topological polar surface area (TPSA) is 97.1 Å². The summed E-state index contributed by atoms with van der Waals surface area (Å²) in [6, 6.07) is 3.28. The van der Waals surface area contributed by atoms with Gasteiger partial charge in [-0.3, -0.25) is 9.59 Å². The summed E-state index contributed by atoms with van der Waals surface area (Å²) in [6.07, 6.45) is 1.70. The van der Waals surface area contributed by atoms with Gasteiger partial charge in [-0.15, -0.1) is 0 Å². The molecule has 0 radical (unpaired) electrons. The number of carbonyl (C=O) groups is 2. The van der Waals surface area contributed by atoms with E-state index in [-0.39, 0.29) is 18.2 Å². The Morgan fingerprint density at radius 2 is 2.00 bits per heavy atom. The fourth-order valence-electron chi connectivity index (χ4n) is 1.26. The zero-order valence-electron chi connectivity index (χ0n) is 11.5. The van der Waals surface area contributed by atoms with Crippen LogP contribution in [0.3, 0.4) is 0 Å². The highest BCUT2D eigenvalue weighted by atomic mass is 16.2. The average molecular weight is 264 g/mol. The van der Waals surface area contributed by atoms with Gasteiger partial charge in [0.15, 0.2) is 0 Å². The Labute approximate surface area is 112 Å². The Balaban J connectivity index is 2.33. The number of pyridine rings is 1. The molecule has 0 saturated carbocycles. The van der Waals surface area contributed by atoms with E-state index < -0.39 is 5.41 Å². The van der Waals surface area contributed by atoms with Crippen molar-refractivity contribution >= 4 is 23.3 Å². The lowest BCUT2D eigenvalue weighted by Gasteiger charge is -2.17. The molecule has 0 spiro atoms. The molecule has 6 heteroatoms. The number of amides is 2. The second-order valence-corrected chi connectivity index (χ2v) is 5.28. The number of nitrogens with two attached hydrogens (primary N) is 1. The Hall–Kier alpha value is -2.11. The molecule has 0 aliphatic rings. The molecule has 0 saturated heterocycles. The molecule has 104 valence electrons. The number of hydrogen-bond acceptors (Lipinski definition) is 4. The number of nitrogen functional groups attached to an aromatic ring is 1. The fraction of sp³-hybridized carbons (Fsp3) is 0.462. The zero-order chi connectivity index (χ0) is 14.5. The van der Waals surface area contributed by atoms with Crippen molar-refractivity contribution < 1.29 is 9.59 Å². The zero-order valence-corrected chi connectivity index (χ0v) is 11.5. The van der Waals surface area contributed by atoms with Crippen molar-refractivity contribution in [2.45, 2.75) is 27.2 Å². The van der Waals surface area contributed by atoms with E-state index in [1.807, 2.05) is 20.8 Å². The lowest BCUT2D eigenvalue weighted by molar-refractivity contribution is -0.128. The van der Waals surface area contributed by atoms with E-state index in [9.17, 15) is 9.59 Å². The molecule has 4 N–H and O–H groups in total. The molecule has 0 unspecified atom stereocenters. The minimum Gasteiger partial charge on any atom is -0.384 e. The minimum absolute atomic E-state index is 0.0746. The second kappa shape index (κ2) is 6.17. The fourth-order valence-corrected chi connectivity index (χ4v) is 1.26. The number of nitrogens with one attached hydrogen (secondary N) is 2. The van der Waals surface area contributed by atoms with Gasteiger partial charge in [-0.25, -0.2) is 4.98 Å². The SMILES string of the molecule is CC(C)(C)C(=O)NCCC(=O)Nc1ccc(N)nc1. The predicted octanol–water partition coefficient (Wildman–Crippen LogP) is 1.15. The molecule has 1 aromatic heterocycles. The normalized spacial score (nSPS) is 10.9. The van der Waals surface area contributed by atoms with E-state index >= 15 is 0 Å². The molecule has 1 aromatic rings. The van der Waals surface area contributed by atoms with Crippen LogP contribution in [0.25, 0.3) is 0 Å². The summed E-state index contributed by atoms with van der Waals surface area (Å²) in [5.74, 6) is 0.144. The van der Waals surface area contributed by atoms with Crippen LogP contribution < -0.4 is 16.4 Å². The van der Waals surface area contributed by atoms with Crippen LogP contribution in [0.1, 0.15) is 27.2 Å². The summed E-state index contributed by atoms with van der Waals surface area (Å²) in [4.78, 5) is 27.0. The molecular formula is C13H20N4O2. The average Bonchev–Trinajstić information content (AvgIpc) is 2.31. The van der Waals surface area contributed by atoms with Crippen LogP contribution >= 0.6 is 0 Å². The van der Waals surface area contributed by atoms with E-state index in [4.69, 9.17) is 5.73 Å². The lowest BCUT2D eigenvalue weighted by Crippen LogP contribution is -2.36. The summed E-state index contributed by atoms with van der Waals surface area (Å²) in [5, 5.41) is 5.39. The highest BCUT2D eigenvalue weighted by molar-refractivity contribution is 5.91. The van der Waals surface area contributed by atoms with Gasteiger partial charge in [0.2, 0.25) is 11.8 Å². The van der Waals surface area contributed by atoms with Crippen molar-refractivity contribution in [2.75, 3.05) is 17.6 Å². The van der Waals surface area contributed by atoms with Crippen LogP contribution in [-0.2, 0) is 9.59 Å². The van der Waals surface area contributed by atoms with Crippen LogP contribution in [0.15, 0.2) is 18.3 Å². The van der Waals surface area contributed by atoms with Gasteiger partial charge < -0.3 is 16.4 Å². The molecule has 0 fully saturated rings. The first-order chi connectivity index (χ1) is 8.79. The molecule has 0 atom stereocenters. The Kier molecular flexibility index (Phi) is 4.86. The van der Waals surface area contributed by atoms with Crippen LogP contribution in [0.2, 0.25) is 0 Å². The Morgan fingerprint density at radius 1 is 1.32 bits per heavy atom. The van der Waals surface area contributed by atoms with E-state index in [2.05, 4.69) is 15.6 Å². The molecule has 0 bridgehead atoms. The maximum Gasteiger partial charge on any atom is 0.226 e. The van der Waals surface area contributed by atoms with E-state index in [0.29, 0.717) is 18.1 Å². The molecule has 2 amide bonds. The van der Waals surface area contributed by atoms with Gasteiger partial charge in [-0.05, 0) is 12.1 Å². The maximum atomic E-state index is 11.6. The summed E-state index contributed by atoms with van der Waals surface area (Å²) in [5.41, 5.74) is 5.58. The molecule has 1 heterocycles. The summed E-state index contributed by atoms with van der Waals surface area (Å²) >= 11 is 0. The predicted molar refractivity (Wildman–Crippen MR) is 74.4 cm³/mol. The highest BCUT2D eigenvalue weighted by Gasteiger charge is 2.20. The van der Waals surface area contributed by atoms with Gasteiger partial charge in [0.25, 0.3) is 0 Å². The molecule has 19 heavy (non-hydrogen) atoms. The quantitative estimate of drug-likeness (QED) is 0.760. The van der Waals surface area contributed by atoms with Crippen molar-refractivity contribution in [2.24, 2.45) is 5.41 Å². The highest BCUT2D eigenvalue weighted by Crippen LogP contribution is 2.12. The third-order valence-electron chi connectivity index (χ3n) is 2.39. The van der Waals surface area contributed by atoms with Crippen LogP contribution in [0.5, 0.6) is 0 Å². The van der Waals surface area contributed by atoms with Crippen LogP contribution in [0.4, 0.5) is 11.5 Å². The van der Waals surface area contributed by atoms with Crippen molar-refractivity contribution in [1.82, 2.24) is 10.3 Å². The van der Waals surface area contributed by atoms with Crippen molar-refractivity contribution in [3.63, 3.8) is 0 Å². The van der Waals surface area contributed by atoms with Gasteiger partial charge >= 0.3 is 0 Å². The Bertz CT molecular complexity index is 449. The summed E-state index contributed by atoms with van der Waals surface area (Å²) < 4.78 is 0. The summed E-state index contributed by atoms with van der Waals surface area (Å²) in [6.45, 7) is 5.78. The summed E-state index contributed by atoms with van der Waals surface area (Å²) in [7, 11) is 0. The number of nitrogens with zero attached hydrogens (tertiary/aromatic N) is 1. The first-order valence-corrected chi connectivity index (χ1v) is 6.09.